The van der Waals surface area contributed by atoms with Crippen LogP contribution >= 0.6 is 0 Å². The van der Waals surface area contributed by atoms with Crippen LogP contribution in [0.2, 0.25) is 0 Å². The molecule has 1 aromatic carbocycles. The van der Waals surface area contributed by atoms with E-state index in [4.69, 9.17) is 9.68 Å². The number of amides is 1. The molecule has 0 bridgehead atoms. The van der Waals surface area contributed by atoms with E-state index in [9.17, 15) is 13.2 Å². The fourth-order valence-corrected chi connectivity index (χ4v) is 4.67. The third-order valence-corrected chi connectivity index (χ3v) is 6.76. The molecule has 0 saturated carbocycles. The van der Waals surface area contributed by atoms with Crippen molar-refractivity contribution in [2.75, 3.05) is 39.3 Å². The fraction of sp³-hybridized carbons (Fsp3) is 0.400. The lowest BCUT2D eigenvalue weighted by molar-refractivity contribution is -0.133. The van der Waals surface area contributed by atoms with Gasteiger partial charge in [-0.25, -0.2) is 8.42 Å². The average Bonchev–Trinajstić information content (AvgIpc) is 3.25. The summed E-state index contributed by atoms with van der Waals surface area (Å²) < 4.78 is 32.2. The van der Waals surface area contributed by atoms with E-state index in [0.717, 1.165) is 0 Å². The van der Waals surface area contributed by atoms with Crippen LogP contribution in [-0.2, 0) is 21.4 Å². The van der Waals surface area contributed by atoms with Crippen LogP contribution in [0.25, 0.3) is 0 Å². The van der Waals surface area contributed by atoms with Crippen molar-refractivity contribution < 1.29 is 17.6 Å². The molecular weight excluding hydrogens is 392 g/mol. The van der Waals surface area contributed by atoms with Gasteiger partial charge in [-0.3, -0.25) is 9.69 Å². The highest BCUT2D eigenvalue weighted by molar-refractivity contribution is 7.89. The van der Waals surface area contributed by atoms with E-state index < -0.39 is 10.0 Å². The van der Waals surface area contributed by atoms with Gasteiger partial charge in [0.05, 0.1) is 36.7 Å². The topological polar surface area (TPSA) is 97.9 Å². The van der Waals surface area contributed by atoms with E-state index in [1.165, 1.54) is 4.31 Å². The largest absolute Gasteiger partial charge is 0.467 e. The first-order valence-corrected chi connectivity index (χ1v) is 10.9. The second-order valence-corrected chi connectivity index (χ2v) is 8.73. The SMILES string of the molecule is N#CCCN(Cc1ccco1)C(=O)CN1CCN(S(=O)(=O)c2ccccc2)CC1. The van der Waals surface area contributed by atoms with E-state index in [2.05, 4.69) is 6.07 Å². The number of carbonyl (C=O) groups is 1. The maximum atomic E-state index is 12.7. The molecule has 1 amide bonds. The van der Waals surface area contributed by atoms with Crippen LogP contribution in [0.15, 0.2) is 58.0 Å². The zero-order chi connectivity index (χ0) is 20.7. The summed E-state index contributed by atoms with van der Waals surface area (Å²) >= 11 is 0. The van der Waals surface area contributed by atoms with Gasteiger partial charge in [0, 0.05) is 32.7 Å². The predicted octanol–water partition coefficient (Wildman–Crippen LogP) is 1.53. The third-order valence-electron chi connectivity index (χ3n) is 4.84. The minimum Gasteiger partial charge on any atom is -0.467 e. The summed E-state index contributed by atoms with van der Waals surface area (Å²) in [5, 5.41) is 8.86. The first-order chi connectivity index (χ1) is 14.0. The summed E-state index contributed by atoms with van der Waals surface area (Å²) in [4.78, 5) is 16.6. The molecule has 0 spiro atoms. The van der Waals surface area contributed by atoms with E-state index in [0.29, 0.717) is 45.0 Å². The Kier molecular flexibility index (Phi) is 7.04. The van der Waals surface area contributed by atoms with Crippen molar-refractivity contribution in [3.8, 4) is 6.07 Å². The predicted molar refractivity (Wildman–Crippen MR) is 106 cm³/mol. The number of hydrogen-bond donors (Lipinski definition) is 0. The van der Waals surface area contributed by atoms with Gasteiger partial charge < -0.3 is 9.32 Å². The molecule has 9 heteroatoms. The molecule has 3 rings (SSSR count). The van der Waals surface area contributed by atoms with Crippen LogP contribution in [0.5, 0.6) is 0 Å². The molecule has 0 atom stereocenters. The Labute approximate surface area is 171 Å². The van der Waals surface area contributed by atoms with Gasteiger partial charge in [-0.15, -0.1) is 0 Å². The molecule has 1 saturated heterocycles. The molecule has 1 fully saturated rings. The second kappa shape index (κ2) is 9.69. The monoisotopic (exact) mass is 416 g/mol. The lowest BCUT2D eigenvalue weighted by atomic mass is 10.3. The third kappa shape index (κ3) is 5.44. The molecule has 2 aromatic rings. The average molecular weight is 417 g/mol. The molecule has 0 unspecified atom stereocenters. The van der Waals surface area contributed by atoms with Crippen LogP contribution in [0.4, 0.5) is 0 Å². The molecule has 1 aromatic heterocycles. The standard InChI is InChI=1S/C20H24N4O4S/c21-9-5-10-23(16-18-6-4-15-28-18)20(25)17-22-11-13-24(14-12-22)29(26,27)19-7-2-1-3-8-19/h1-4,6-8,15H,5,10-14,16-17H2. The summed E-state index contributed by atoms with van der Waals surface area (Å²) in [6.07, 6.45) is 1.80. The van der Waals surface area contributed by atoms with Gasteiger partial charge in [0.2, 0.25) is 15.9 Å². The lowest BCUT2D eigenvalue weighted by Crippen LogP contribution is -2.51. The van der Waals surface area contributed by atoms with E-state index in [-0.39, 0.29) is 23.8 Å². The Hall–Kier alpha value is -2.67. The number of nitriles is 1. The van der Waals surface area contributed by atoms with Gasteiger partial charge in [-0.1, -0.05) is 18.2 Å². The van der Waals surface area contributed by atoms with Crippen molar-refractivity contribution in [2.45, 2.75) is 17.9 Å². The van der Waals surface area contributed by atoms with Crippen molar-refractivity contribution in [1.82, 2.24) is 14.1 Å². The van der Waals surface area contributed by atoms with E-state index >= 15 is 0 Å². The summed E-state index contributed by atoms with van der Waals surface area (Å²) in [5.41, 5.74) is 0. The van der Waals surface area contributed by atoms with Gasteiger partial charge >= 0.3 is 0 Å². The van der Waals surface area contributed by atoms with Crippen LogP contribution in [-0.4, -0.2) is 67.7 Å². The molecule has 8 nitrogen and oxygen atoms in total. The number of carbonyl (C=O) groups excluding carboxylic acids is 1. The number of nitrogens with zero attached hydrogens (tertiary/aromatic N) is 4. The lowest BCUT2D eigenvalue weighted by Gasteiger charge is -2.34. The summed E-state index contributed by atoms with van der Waals surface area (Å²) in [7, 11) is -3.51. The number of rotatable bonds is 8. The van der Waals surface area contributed by atoms with Crippen molar-refractivity contribution in [3.05, 3.63) is 54.5 Å². The summed E-state index contributed by atoms with van der Waals surface area (Å²) in [5.74, 6) is 0.561. The van der Waals surface area contributed by atoms with Crippen LogP contribution < -0.4 is 0 Å². The second-order valence-electron chi connectivity index (χ2n) is 6.80. The maximum Gasteiger partial charge on any atom is 0.243 e. The molecule has 29 heavy (non-hydrogen) atoms. The molecule has 154 valence electrons. The smallest absolute Gasteiger partial charge is 0.243 e. The van der Waals surface area contributed by atoms with E-state index in [1.54, 1.807) is 53.6 Å². The van der Waals surface area contributed by atoms with E-state index in [1.807, 2.05) is 4.90 Å². The maximum absolute atomic E-state index is 12.7. The molecule has 1 aliphatic heterocycles. The minimum atomic E-state index is -3.51. The minimum absolute atomic E-state index is 0.101. The molecule has 0 aliphatic carbocycles. The first kappa shape index (κ1) is 21.0. The van der Waals surface area contributed by atoms with Gasteiger partial charge in [-0.2, -0.15) is 9.57 Å². The molecule has 0 N–H and O–H groups in total. The summed E-state index contributed by atoms with van der Waals surface area (Å²) in [6.45, 7) is 2.46. The Morgan fingerprint density at radius 1 is 1.10 bits per heavy atom. The van der Waals surface area contributed by atoms with Crippen LogP contribution in [0, 0.1) is 11.3 Å². The number of hydrogen-bond acceptors (Lipinski definition) is 6. The highest BCUT2D eigenvalue weighted by Gasteiger charge is 2.29. The van der Waals surface area contributed by atoms with Gasteiger partial charge in [-0.05, 0) is 24.3 Å². The van der Waals surface area contributed by atoms with Gasteiger partial charge in [0.15, 0.2) is 0 Å². The highest BCUT2D eigenvalue weighted by atomic mass is 32.2. The Morgan fingerprint density at radius 3 is 2.45 bits per heavy atom. The molecule has 2 heterocycles. The Bertz CT molecular complexity index is 931. The highest BCUT2D eigenvalue weighted by Crippen LogP contribution is 2.17. The Morgan fingerprint density at radius 2 is 1.83 bits per heavy atom. The number of benzene rings is 1. The van der Waals surface area contributed by atoms with Crippen molar-refractivity contribution in [2.24, 2.45) is 0 Å². The van der Waals surface area contributed by atoms with Crippen LogP contribution in [0.3, 0.4) is 0 Å². The number of furan rings is 1. The molecule has 1 aliphatic rings. The fourth-order valence-electron chi connectivity index (χ4n) is 3.23. The summed E-state index contributed by atoms with van der Waals surface area (Å²) in [6, 6.07) is 14.0. The zero-order valence-electron chi connectivity index (χ0n) is 16.1. The van der Waals surface area contributed by atoms with Crippen molar-refractivity contribution in [1.29, 1.82) is 5.26 Å². The van der Waals surface area contributed by atoms with Gasteiger partial charge in [0.25, 0.3) is 0 Å². The van der Waals surface area contributed by atoms with Crippen molar-refractivity contribution >= 4 is 15.9 Å². The normalized spacial score (nSPS) is 15.7. The molecule has 0 radical (unpaired) electrons. The number of piperazine rings is 1. The number of sulfonamides is 1. The molecular formula is C20H24N4O4S. The first-order valence-electron chi connectivity index (χ1n) is 9.45. The zero-order valence-corrected chi connectivity index (χ0v) is 16.9. The van der Waals surface area contributed by atoms with Crippen LogP contribution in [0.1, 0.15) is 12.2 Å². The quantitative estimate of drug-likeness (QED) is 0.647. The van der Waals surface area contributed by atoms with Crippen molar-refractivity contribution in [3.63, 3.8) is 0 Å². The van der Waals surface area contributed by atoms with Gasteiger partial charge in [0.1, 0.15) is 5.76 Å². The Balaban J connectivity index is 1.56.